The number of carbonyl (C=O) groups excluding carboxylic acids is 1. The summed E-state index contributed by atoms with van der Waals surface area (Å²) in [5.41, 5.74) is 4.86. The number of rotatable bonds is 8. The van der Waals surface area contributed by atoms with Crippen molar-refractivity contribution in [3.05, 3.63) is 63.2 Å². The van der Waals surface area contributed by atoms with E-state index in [1.54, 1.807) is 0 Å². The number of ether oxygens (including phenoxy) is 2. The fourth-order valence-electron chi connectivity index (χ4n) is 2.19. The second kappa shape index (κ2) is 9.33. The van der Waals surface area contributed by atoms with Gasteiger partial charge < -0.3 is 9.47 Å². The lowest BCUT2D eigenvalue weighted by Gasteiger charge is -2.11. The van der Waals surface area contributed by atoms with Crippen molar-refractivity contribution in [2.45, 2.75) is 20.8 Å². The molecule has 2 aromatic carbocycles. The molecular formula is C19H21N3O5. The fourth-order valence-corrected chi connectivity index (χ4v) is 2.19. The first-order chi connectivity index (χ1) is 12.9. The molecule has 0 heterocycles. The van der Waals surface area contributed by atoms with E-state index in [9.17, 15) is 14.9 Å². The average Bonchev–Trinajstić information content (AvgIpc) is 2.62. The average molecular weight is 371 g/mol. The number of aryl methyl sites for hydroxylation is 2. The molecule has 142 valence electrons. The van der Waals surface area contributed by atoms with Crippen molar-refractivity contribution < 1.29 is 19.2 Å². The van der Waals surface area contributed by atoms with E-state index in [2.05, 4.69) is 10.5 Å². The van der Waals surface area contributed by atoms with Gasteiger partial charge in [0.15, 0.2) is 0 Å². The van der Waals surface area contributed by atoms with Crippen LogP contribution in [0.5, 0.6) is 11.5 Å². The maximum atomic E-state index is 10.9. The second-order valence-corrected chi connectivity index (χ2v) is 5.85. The molecule has 2 aromatic rings. The van der Waals surface area contributed by atoms with Gasteiger partial charge in [-0.05, 0) is 43.2 Å². The highest BCUT2D eigenvalue weighted by Crippen LogP contribution is 2.23. The van der Waals surface area contributed by atoms with Crippen molar-refractivity contribution in [1.29, 1.82) is 0 Å². The van der Waals surface area contributed by atoms with E-state index in [0.717, 1.165) is 11.3 Å². The Hall–Kier alpha value is -3.42. The van der Waals surface area contributed by atoms with Crippen molar-refractivity contribution in [1.82, 2.24) is 5.43 Å². The summed E-state index contributed by atoms with van der Waals surface area (Å²) in [7, 11) is 0. The first-order valence-corrected chi connectivity index (χ1v) is 8.28. The van der Waals surface area contributed by atoms with E-state index in [1.165, 1.54) is 36.9 Å². The van der Waals surface area contributed by atoms with Crippen LogP contribution in [0.4, 0.5) is 5.69 Å². The summed E-state index contributed by atoms with van der Waals surface area (Å²) < 4.78 is 11.3. The zero-order chi connectivity index (χ0) is 19.8. The molecule has 0 aromatic heterocycles. The molecule has 0 atom stereocenters. The first-order valence-electron chi connectivity index (χ1n) is 8.28. The van der Waals surface area contributed by atoms with Crippen LogP contribution >= 0.6 is 0 Å². The van der Waals surface area contributed by atoms with Crippen molar-refractivity contribution in [3.8, 4) is 11.5 Å². The normalized spacial score (nSPS) is 10.6. The molecule has 0 aliphatic heterocycles. The van der Waals surface area contributed by atoms with Crippen molar-refractivity contribution in [2.24, 2.45) is 5.10 Å². The molecule has 0 fully saturated rings. The van der Waals surface area contributed by atoms with Gasteiger partial charge in [0.2, 0.25) is 5.91 Å². The number of carbonyl (C=O) groups is 1. The molecule has 1 amide bonds. The molecule has 2 rings (SSSR count). The van der Waals surface area contributed by atoms with Crippen molar-refractivity contribution >= 4 is 17.8 Å². The Morgan fingerprint density at radius 3 is 2.56 bits per heavy atom. The first kappa shape index (κ1) is 19.9. The zero-order valence-electron chi connectivity index (χ0n) is 15.4. The lowest BCUT2D eigenvalue weighted by Crippen LogP contribution is -2.13. The molecule has 0 aliphatic carbocycles. The number of non-ortho nitro benzene ring substituents is 1. The predicted molar refractivity (Wildman–Crippen MR) is 101 cm³/mol. The third-order valence-electron chi connectivity index (χ3n) is 3.72. The summed E-state index contributed by atoms with van der Waals surface area (Å²) in [6.07, 6.45) is 1.30. The largest absolute Gasteiger partial charge is 0.490 e. The van der Waals surface area contributed by atoms with Crippen LogP contribution in [0.2, 0.25) is 0 Å². The number of nitrogens with one attached hydrogen (secondary N) is 1. The van der Waals surface area contributed by atoms with Gasteiger partial charge in [-0.1, -0.05) is 6.07 Å². The van der Waals surface area contributed by atoms with E-state index >= 15 is 0 Å². The van der Waals surface area contributed by atoms with Gasteiger partial charge in [0.25, 0.3) is 5.69 Å². The summed E-state index contributed by atoms with van der Waals surface area (Å²) in [6.45, 7) is 5.90. The lowest BCUT2D eigenvalue weighted by atomic mass is 10.1. The fraction of sp³-hybridized carbons (Fsp3) is 0.263. The highest BCUT2D eigenvalue weighted by atomic mass is 16.6. The minimum atomic E-state index is -0.512. The van der Waals surface area contributed by atoms with Gasteiger partial charge in [-0.15, -0.1) is 0 Å². The van der Waals surface area contributed by atoms with E-state index < -0.39 is 4.92 Å². The number of hydrazone groups is 1. The standard InChI is InChI=1S/C19H21N3O5/c1-13-4-6-18(10-14(13)2)26-8-9-27-19-7-5-17(22(24)25)11-16(19)12-20-21-15(3)23/h4-7,10-12H,8-9H2,1-3H3,(H,21,23)/b20-12+. The molecule has 0 unspecified atom stereocenters. The van der Waals surface area contributed by atoms with Crippen LogP contribution in [-0.4, -0.2) is 30.3 Å². The Bertz CT molecular complexity index is 864. The molecule has 0 aliphatic rings. The van der Waals surface area contributed by atoms with Gasteiger partial charge in [-0.2, -0.15) is 5.10 Å². The summed E-state index contributed by atoms with van der Waals surface area (Å²) in [4.78, 5) is 21.3. The summed E-state index contributed by atoms with van der Waals surface area (Å²) in [5, 5.41) is 14.7. The number of amides is 1. The van der Waals surface area contributed by atoms with E-state index in [-0.39, 0.29) is 18.2 Å². The topological polar surface area (TPSA) is 103 Å². The van der Waals surface area contributed by atoms with Gasteiger partial charge in [0, 0.05) is 24.6 Å². The van der Waals surface area contributed by atoms with Gasteiger partial charge >= 0.3 is 0 Å². The van der Waals surface area contributed by atoms with Gasteiger partial charge in [0.05, 0.1) is 11.1 Å². The molecule has 27 heavy (non-hydrogen) atoms. The summed E-state index contributed by atoms with van der Waals surface area (Å²) in [5.74, 6) is 0.803. The smallest absolute Gasteiger partial charge is 0.270 e. The summed E-state index contributed by atoms with van der Waals surface area (Å²) in [6, 6.07) is 9.98. The van der Waals surface area contributed by atoms with Crippen LogP contribution in [0.25, 0.3) is 0 Å². The highest BCUT2D eigenvalue weighted by molar-refractivity contribution is 5.85. The van der Waals surface area contributed by atoms with Crippen molar-refractivity contribution in [3.63, 3.8) is 0 Å². The van der Waals surface area contributed by atoms with Crippen LogP contribution < -0.4 is 14.9 Å². The zero-order valence-corrected chi connectivity index (χ0v) is 15.4. The molecule has 0 saturated carbocycles. The van der Waals surface area contributed by atoms with Gasteiger partial charge in [-0.25, -0.2) is 5.43 Å². The third-order valence-corrected chi connectivity index (χ3v) is 3.72. The highest BCUT2D eigenvalue weighted by Gasteiger charge is 2.11. The minimum Gasteiger partial charge on any atom is -0.490 e. The summed E-state index contributed by atoms with van der Waals surface area (Å²) >= 11 is 0. The number of hydrogen-bond donors (Lipinski definition) is 1. The minimum absolute atomic E-state index is 0.0991. The molecule has 8 nitrogen and oxygen atoms in total. The predicted octanol–water partition coefficient (Wildman–Crippen LogP) is 3.14. The van der Waals surface area contributed by atoms with E-state index in [1.807, 2.05) is 32.0 Å². The molecule has 0 radical (unpaired) electrons. The molecule has 0 bridgehead atoms. The molecular weight excluding hydrogens is 350 g/mol. The van der Waals surface area contributed by atoms with E-state index in [4.69, 9.17) is 9.47 Å². The molecule has 8 heteroatoms. The van der Waals surface area contributed by atoms with Crippen LogP contribution in [0.15, 0.2) is 41.5 Å². The van der Waals surface area contributed by atoms with Crippen molar-refractivity contribution in [2.75, 3.05) is 13.2 Å². The van der Waals surface area contributed by atoms with Crippen LogP contribution in [-0.2, 0) is 4.79 Å². The maximum absolute atomic E-state index is 10.9. The quantitative estimate of drug-likeness (QED) is 0.332. The maximum Gasteiger partial charge on any atom is 0.270 e. The number of nitrogens with zero attached hydrogens (tertiary/aromatic N) is 2. The third kappa shape index (κ3) is 6.10. The Labute approximate surface area is 157 Å². The molecule has 0 saturated heterocycles. The Balaban J connectivity index is 2.01. The Kier molecular flexibility index (Phi) is 6.87. The molecule has 1 N–H and O–H groups in total. The number of nitro groups is 1. The van der Waals surface area contributed by atoms with Gasteiger partial charge in [-0.3, -0.25) is 14.9 Å². The monoisotopic (exact) mass is 371 g/mol. The Morgan fingerprint density at radius 1 is 1.15 bits per heavy atom. The SMILES string of the molecule is CC(=O)N/N=C/c1cc([N+](=O)[O-])ccc1OCCOc1ccc(C)c(C)c1. The second-order valence-electron chi connectivity index (χ2n) is 5.85. The Morgan fingerprint density at radius 2 is 1.89 bits per heavy atom. The lowest BCUT2D eigenvalue weighted by molar-refractivity contribution is -0.384. The number of hydrogen-bond acceptors (Lipinski definition) is 6. The number of benzene rings is 2. The van der Waals surface area contributed by atoms with E-state index in [0.29, 0.717) is 17.9 Å². The number of nitro benzene ring substituents is 1. The molecule has 0 spiro atoms. The van der Waals surface area contributed by atoms with Crippen LogP contribution in [0.3, 0.4) is 0 Å². The van der Waals surface area contributed by atoms with Crippen LogP contribution in [0.1, 0.15) is 23.6 Å². The van der Waals surface area contributed by atoms with Gasteiger partial charge in [0.1, 0.15) is 24.7 Å². The van der Waals surface area contributed by atoms with Crippen LogP contribution in [0, 0.1) is 24.0 Å².